The summed E-state index contributed by atoms with van der Waals surface area (Å²) in [6, 6.07) is 5.70. The van der Waals surface area contributed by atoms with E-state index in [1.807, 2.05) is 45.9 Å². The van der Waals surface area contributed by atoms with Crippen molar-refractivity contribution < 1.29 is 9.21 Å². The van der Waals surface area contributed by atoms with E-state index in [4.69, 9.17) is 9.40 Å². The highest BCUT2D eigenvalue weighted by Crippen LogP contribution is 2.29. The fourth-order valence-corrected chi connectivity index (χ4v) is 5.76. The number of aromatic nitrogens is 3. The highest BCUT2D eigenvalue weighted by molar-refractivity contribution is 7.99. The van der Waals surface area contributed by atoms with Crippen molar-refractivity contribution in [1.82, 2.24) is 14.1 Å². The number of hydrogen-bond donors (Lipinski definition) is 0. The molecule has 0 fully saturated rings. The van der Waals surface area contributed by atoms with Crippen LogP contribution in [0.5, 0.6) is 0 Å². The Bertz CT molecular complexity index is 1370. The van der Waals surface area contributed by atoms with Crippen LogP contribution in [0.2, 0.25) is 0 Å². The van der Waals surface area contributed by atoms with Crippen LogP contribution in [0.4, 0.5) is 0 Å². The maximum atomic E-state index is 13.1. The normalized spacial score (nSPS) is 11.4. The van der Waals surface area contributed by atoms with Crippen molar-refractivity contribution in [2.24, 2.45) is 0 Å². The van der Waals surface area contributed by atoms with E-state index in [9.17, 15) is 9.59 Å². The first-order chi connectivity index (χ1) is 15.3. The Balaban J connectivity index is 1.61. The van der Waals surface area contributed by atoms with Crippen LogP contribution < -0.4 is 5.56 Å². The Hall–Kier alpha value is -2.84. The molecule has 0 N–H and O–H groups in total. The van der Waals surface area contributed by atoms with Gasteiger partial charge in [0.05, 0.1) is 23.9 Å². The van der Waals surface area contributed by atoms with Crippen molar-refractivity contribution in [3.05, 3.63) is 80.6 Å². The Kier molecular flexibility index (Phi) is 6.26. The molecule has 166 valence electrons. The highest BCUT2D eigenvalue weighted by atomic mass is 32.2. The van der Waals surface area contributed by atoms with E-state index in [1.54, 1.807) is 16.9 Å². The van der Waals surface area contributed by atoms with Crippen LogP contribution in [0, 0.1) is 27.7 Å². The van der Waals surface area contributed by atoms with Gasteiger partial charge in [-0.3, -0.25) is 14.2 Å². The van der Waals surface area contributed by atoms with Crippen molar-refractivity contribution in [3.8, 4) is 0 Å². The summed E-state index contributed by atoms with van der Waals surface area (Å²) < 4.78 is 9.14. The first-order valence-electron chi connectivity index (χ1n) is 10.3. The molecule has 4 rings (SSSR count). The summed E-state index contributed by atoms with van der Waals surface area (Å²) in [5, 5.41) is 1.20. The molecule has 0 atom stereocenters. The maximum Gasteiger partial charge on any atom is 0.263 e. The predicted octanol–water partition coefficient (Wildman–Crippen LogP) is 5.30. The van der Waals surface area contributed by atoms with Crippen molar-refractivity contribution in [3.63, 3.8) is 0 Å². The lowest BCUT2D eigenvalue weighted by atomic mass is 10.2. The van der Waals surface area contributed by atoms with E-state index >= 15 is 0 Å². The van der Waals surface area contributed by atoms with Crippen LogP contribution >= 0.6 is 23.1 Å². The molecule has 0 saturated heterocycles. The van der Waals surface area contributed by atoms with Crippen molar-refractivity contribution in [2.45, 2.75) is 45.9 Å². The molecule has 6 nitrogen and oxygen atoms in total. The second-order valence-corrected chi connectivity index (χ2v) is 9.87. The average molecular weight is 468 g/mol. The maximum absolute atomic E-state index is 13.1. The summed E-state index contributed by atoms with van der Waals surface area (Å²) in [5.74, 6) is 1.04. The number of hydrogen-bond acceptors (Lipinski definition) is 6. The van der Waals surface area contributed by atoms with Gasteiger partial charge in [0.15, 0.2) is 10.9 Å². The lowest BCUT2D eigenvalue weighted by Crippen LogP contribution is -2.23. The molecule has 32 heavy (non-hydrogen) atoms. The monoisotopic (exact) mass is 467 g/mol. The van der Waals surface area contributed by atoms with Gasteiger partial charge in [-0.05, 0) is 51.5 Å². The van der Waals surface area contributed by atoms with Gasteiger partial charge in [-0.2, -0.15) is 0 Å². The van der Waals surface area contributed by atoms with Crippen LogP contribution in [-0.4, -0.2) is 25.7 Å². The molecule has 4 aromatic heterocycles. The van der Waals surface area contributed by atoms with Crippen LogP contribution in [0.3, 0.4) is 0 Å². The molecular formula is C24H25N3O3S2. The smallest absolute Gasteiger partial charge is 0.263 e. The largest absolute Gasteiger partial charge is 0.467 e. The lowest BCUT2D eigenvalue weighted by Gasteiger charge is -2.10. The Labute approximate surface area is 194 Å². The van der Waals surface area contributed by atoms with E-state index in [0.29, 0.717) is 29.2 Å². The number of nitrogens with zero attached hydrogens (tertiary/aromatic N) is 3. The fraction of sp³-hybridized carbons (Fsp3) is 0.292. The average Bonchev–Trinajstić information content (AvgIpc) is 3.44. The van der Waals surface area contributed by atoms with Crippen LogP contribution in [-0.2, 0) is 13.1 Å². The van der Waals surface area contributed by atoms with E-state index in [1.165, 1.54) is 23.1 Å². The molecule has 4 heterocycles. The number of allylic oxidation sites excluding steroid dienone is 1. The van der Waals surface area contributed by atoms with Crippen LogP contribution in [0.25, 0.3) is 10.2 Å². The molecule has 4 aromatic rings. The van der Waals surface area contributed by atoms with Gasteiger partial charge in [0, 0.05) is 28.4 Å². The number of rotatable bonds is 8. The minimum atomic E-state index is -0.0803. The zero-order chi connectivity index (χ0) is 23.0. The summed E-state index contributed by atoms with van der Waals surface area (Å²) in [6.07, 6.45) is 3.33. The third kappa shape index (κ3) is 4.00. The number of Topliss-reactive ketones (excluding diaryl/α,β-unsaturated/α-hetero) is 1. The predicted molar refractivity (Wildman–Crippen MR) is 130 cm³/mol. The third-order valence-electron chi connectivity index (χ3n) is 5.67. The van der Waals surface area contributed by atoms with Gasteiger partial charge in [0.2, 0.25) is 0 Å². The number of furan rings is 1. The van der Waals surface area contributed by atoms with E-state index in [2.05, 4.69) is 11.1 Å². The van der Waals surface area contributed by atoms with Gasteiger partial charge in [-0.1, -0.05) is 17.8 Å². The Morgan fingerprint density at radius 3 is 2.75 bits per heavy atom. The number of thioether (sulfide) groups is 1. The number of ketones is 1. The van der Waals surface area contributed by atoms with Gasteiger partial charge >= 0.3 is 0 Å². The molecule has 0 bridgehead atoms. The first kappa shape index (κ1) is 22.4. The second-order valence-electron chi connectivity index (χ2n) is 7.72. The zero-order valence-electron chi connectivity index (χ0n) is 18.6. The van der Waals surface area contributed by atoms with Crippen LogP contribution in [0.1, 0.15) is 37.9 Å². The molecular weight excluding hydrogens is 442 g/mol. The molecule has 0 spiro atoms. The van der Waals surface area contributed by atoms with E-state index < -0.39 is 0 Å². The zero-order valence-corrected chi connectivity index (χ0v) is 20.2. The first-order valence-corrected chi connectivity index (χ1v) is 12.1. The number of aryl methyl sites for hydroxylation is 3. The van der Waals surface area contributed by atoms with Crippen molar-refractivity contribution in [1.29, 1.82) is 0 Å². The summed E-state index contributed by atoms with van der Waals surface area (Å²) in [6.45, 7) is 12.6. The SMILES string of the molecule is C=CCn1c(SCC(=O)c2cc(C)n(Cc3ccco3)c2C)nc2sc(C)c(C)c2c1=O. The molecule has 0 saturated carbocycles. The molecule has 0 aromatic carbocycles. The summed E-state index contributed by atoms with van der Waals surface area (Å²) in [7, 11) is 0. The highest BCUT2D eigenvalue weighted by Gasteiger charge is 2.20. The molecule has 0 aliphatic carbocycles. The van der Waals surface area contributed by atoms with Gasteiger partial charge in [0.25, 0.3) is 5.56 Å². The number of carbonyl (C=O) groups excluding carboxylic acids is 1. The Morgan fingerprint density at radius 1 is 1.28 bits per heavy atom. The van der Waals surface area contributed by atoms with Crippen LogP contribution in [0.15, 0.2) is 51.5 Å². The van der Waals surface area contributed by atoms with Crippen molar-refractivity contribution in [2.75, 3.05) is 5.75 Å². The van der Waals surface area contributed by atoms with E-state index in [-0.39, 0.29) is 17.1 Å². The third-order valence-corrected chi connectivity index (χ3v) is 7.74. The summed E-state index contributed by atoms with van der Waals surface area (Å²) in [4.78, 5) is 32.7. The fourth-order valence-electron chi connectivity index (χ4n) is 3.80. The molecule has 0 aliphatic heterocycles. The molecule has 0 amide bonds. The van der Waals surface area contributed by atoms with Gasteiger partial charge in [0.1, 0.15) is 10.6 Å². The number of fused-ring (bicyclic) bond motifs is 1. The Morgan fingerprint density at radius 2 is 2.06 bits per heavy atom. The minimum Gasteiger partial charge on any atom is -0.467 e. The second kappa shape index (κ2) is 8.96. The molecule has 0 unspecified atom stereocenters. The minimum absolute atomic E-state index is 0.00633. The summed E-state index contributed by atoms with van der Waals surface area (Å²) >= 11 is 2.81. The lowest BCUT2D eigenvalue weighted by molar-refractivity contribution is 0.102. The van der Waals surface area contributed by atoms with E-state index in [0.717, 1.165) is 32.4 Å². The number of carbonyl (C=O) groups is 1. The van der Waals surface area contributed by atoms with Gasteiger partial charge in [-0.25, -0.2) is 4.98 Å². The topological polar surface area (TPSA) is 70.0 Å². The van der Waals surface area contributed by atoms with Gasteiger partial charge < -0.3 is 8.98 Å². The quantitative estimate of drug-likeness (QED) is 0.152. The molecule has 8 heteroatoms. The standard InChI is InChI=1S/C24H25N3O3S2/c1-6-9-26-23(29)21-15(3)17(5)32-22(21)25-24(26)31-13-20(28)19-11-14(2)27(16(19)4)12-18-8-7-10-30-18/h6-8,10-11H,1,9,12-13H2,2-5H3. The molecule has 0 aliphatic rings. The molecule has 0 radical (unpaired) electrons. The van der Waals surface area contributed by atoms with Gasteiger partial charge in [-0.15, -0.1) is 17.9 Å². The number of thiophene rings is 1. The van der Waals surface area contributed by atoms with Crippen molar-refractivity contribution >= 4 is 39.1 Å². The summed E-state index contributed by atoms with van der Waals surface area (Å²) in [5.41, 5.74) is 3.48.